The SMILES string of the molecule is C=CCc1c[nH]c2cc(Cl)c(C#N)cc12. The van der Waals surface area contributed by atoms with E-state index in [1.54, 1.807) is 6.07 Å². The van der Waals surface area contributed by atoms with E-state index in [1.807, 2.05) is 18.3 Å². The fourth-order valence-electron chi connectivity index (χ4n) is 1.61. The van der Waals surface area contributed by atoms with Crippen LogP contribution < -0.4 is 0 Å². The zero-order valence-corrected chi connectivity index (χ0v) is 8.80. The van der Waals surface area contributed by atoms with Crippen LogP contribution in [0.2, 0.25) is 5.02 Å². The number of fused-ring (bicyclic) bond motifs is 1. The van der Waals surface area contributed by atoms with Gasteiger partial charge in [-0.25, -0.2) is 0 Å². The van der Waals surface area contributed by atoms with Crippen LogP contribution in [0.4, 0.5) is 0 Å². The van der Waals surface area contributed by atoms with E-state index in [1.165, 1.54) is 0 Å². The van der Waals surface area contributed by atoms with E-state index in [9.17, 15) is 0 Å². The van der Waals surface area contributed by atoms with Crippen LogP contribution in [0.5, 0.6) is 0 Å². The van der Waals surface area contributed by atoms with Gasteiger partial charge in [-0.2, -0.15) is 5.26 Å². The van der Waals surface area contributed by atoms with Gasteiger partial charge in [0.05, 0.1) is 10.6 Å². The highest BCUT2D eigenvalue weighted by molar-refractivity contribution is 6.32. The number of H-pyrrole nitrogens is 1. The van der Waals surface area contributed by atoms with Crippen LogP contribution in [0.15, 0.2) is 31.0 Å². The molecule has 15 heavy (non-hydrogen) atoms. The topological polar surface area (TPSA) is 39.6 Å². The largest absolute Gasteiger partial charge is 0.361 e. The summed E-state index contributed by atoms with van der Waals surface area (Å²) in [5.74, 6) is 0. The average Bonchev–Trinajstić information content (AvgIpc) is 2.60. The number of hydrogen-bond acceptors (Lipinski definition) is 1. The second-order valence-corrected chi connectivity index (χ2v) is 3.70. The van der Waals surface area contributed by atoms with Crippen molar-refractivity contribution < 1.29 is 0 Å². The molecule has 1 N–H and O–H groups in total. The molecule has 0 saturated heterocycles. The molecule has 0 atom stereocenters. The van der Waals surface area contributed by atoms with Crippen molar-refractivity contribution in [2.24, 2.45) is 0 Å². The Labute approximate surface area is 92.8 Å². The number of benzene rings is 1. The maximum Gasteiger partial charge on any atom is 0.101 e. The Morgan fingerprint density at radius 2 is 2.33 bits per heavy atom. The summed E-state index contributed by atoms with van der Waals surface area (Å²) in [5.41, 5.74) is 2.60. The first kappa shape index (κ1) is 9.82. The number of nitrogens with one attached hydrogen (secondary N) is 1. The molecule has 0 aliphatic carbocycles. The van der Waals surface area contributed by atoms with E-state index in [-0.39, 0.29) is 0 Å². The lowest BCUT2D eigenvalue weighted by Gasteiger charge is -1.97. The molecule has 2 nitrogen and oxygen atoms in total. The molecule has 2 rings (SSSR count). The first-order valence-corrected chi connectivity index (χ1v) is 4.94. The molecule has 0 spiro atoms. The number of nitriles is 1. The molecule has 0 aliphatic heterocycles. The van der Waals surface area contributed by atoms with Crippen molar-refractivity contribution in [3.63, 3.8) is 0 Å². The molecule has 74 valence electrons. The Balaban J connectivity index is 2.70. The van der Waals surface area contributed by atoms with Crippen LogP contribution >= 0.6 is 11.6 Å². The number of nitrogens with zero attached hydrogens (tertiary/aromatic N) is 1. The van der Waals surface area contributed by atoms with E-state index >= 15 is 0 Å². The van der Waals surface area contributed by atoms with E-state index in [4.69, 9.17) is 16.9 Å². The lowest BCUT2D eigenvalue weighted by molar-refractivity contribution is 1.29. The lowest BCUT2D eigenvalue weighted by Crippen LogP contribution is -1.80. The van der Waals surface area contributed by atoms with Crippen LogP contribution in [0.3, 0.4) is 0 Å². The van der Waals surface area contributed by atoms with Gasteiger partial charge in [0, 0.05) is 17.1 Å². The van der Waals surface area contributed by atoms with Crippen LogP contribution in [0.1, 0.15) is 11.1 Å². The summed E-state index contributed by atoms with van der Waals surface area (Å²) in [4.78, 5) is 3.12. The van der Waals surface area contributed by atoms with Gasteiger partial charge >= 0.3 is 0 Å². The number of rotatable bonds is 2. The molecule has 0 saturated carbocycles. The summed E-state index contributed by atoms with van der Waals surface area (Å²) >= 11 is 5.93. The minimum atomic E-state index is 0.483. The monoisotopic (exact) mass is 216 g/mol. The molecule has 1 heterocycles. The Hall–Kier alpha value is -1.72. The van der Waals surface area contributed by atoms with Crippen molar-refractivity contribution in [3.05, 3.63) is 47.1 Å². The van der Waals surface area contributed by atoms with Gasteiger partial charge in [0.2, 0.25) is 0 Å². The summed E-state index contributed by atoms with van der Waals surface area (Å²) in [6.45, 7) is 3.70. The van der Waals surface area contributed by atoms with Gasteiger partial charge in [0.15, 0.2) is 0 Å². The van der Waals surface area contributed by atoms with E-state index in [0.29, 0.717) is 10.6 Å². The van der Waals surface area contributed by atoms with Crippen molar-refractivity contribution in [2.45, 2.75) is 6.42 Å². The van der Waals surface area contributed by atoms with E-state index in [0.717, 1.165) is 22.9 Å². The molecule has 0 radical (unpaired) electrons. The van der Waals surface area contributed by atoms with Crippen molar-refractivity contribution in [1.82, 2.24) is 4.98 Å². The highest BCUT2D eigenvalue weighted by Gasteiger charge is 2.06. The molecular formula is C12H9ClN2. The molecule has 0 bridgehead atoms. The third-order valence-electron chi connectivity index (χ3n) is 2.34. The quantitative estimate of drug-likeness (QED) is 0.768. The van der Waals surface area contributed by atoms with Crippen molar-refractivity contribution in [2.75, 3.05) is 0 Å². The zero-order valence-electron chi connectivity index (χ0n) is 8.05. The second kappa shape index (κ2) is 3.80. The molecule has 3 heteroatoms. The van der Waals surface area contributed by atoms with Gasteiger partial charge in [-0.3, -0.25) is 0 Å². The van der Waals surface area contributed by atoms with Gasteiger partial charge in [-0.15, -0.1) is 6.58 Å². The normalized spacial score (nSPS) is 10.1. The minimum absolute atomic E-state index is 0.483. The molecule has 0 amide bonds. The second-order valence-electron chi connectivity index (χ2n) is 3.30. The minimum Gasteiger partial charge on any atom is -0.361 e. The summed E-state index contributed by atoms with van der Waals surface area (Å²) in [6.07, 6.45) is 4.54. The molecule has 2 aromatic rings. The highest BCUT2D eigenvalue weighted by Crippen LogP contribution is 2.25. The Bertz CT molecular complexity index is 561. The van der Waals surface area contributed by atoms with Gasteiger partial charge in [-0.1, -0.05) is 17.7 Å². The van der Waals surface area contributed by atoms with Crippen LogP contribution in [0, 0.1) is 11.3 Å². The smallest absolute Gasteiger partial charge is 0.101 e. The van der Waals surface area contributed by atoms with E-state index < -0.39 is 0 Å². The van der Waals surface area contributed by atoms with Crippen LogP contribution in [0.25, 0.3) is 10.9 Å². The third-order valence-corrected chi connectivity index (χ3v) is 2.65. The third kappa shape index (κ3) is 1.62. The number of halogens is 1. The number of allylic oxidation sites excluding steroid dienone is 1. The number of hydrogen-bond donors (Lipinski definition) is 1. The molecule has 0 fully saturated rings. The van der Waals surface area contributed by atoms with Crippen molar-refractivity contribution in [3.8, 4) is 6.07 Å². The summed E-state index contributed by atoms with van der Waals surface area (Å²) in [7, 11) is 0. The average molecular weight is 217 g/mol. The Morgan fingerprint density at radius 1 is 1.53 bits per heavy atom. The molecular weight excluding hydrogens is 208 g/mol. The predicted molar refractivity (Wildman–Crippen MR) is 61.9 cm³/mol. The van der Waals surface area contributed by atoms with Crippen molar-refractivity contribution in [1.29, 1.82) is 5.26 Å². The van der Waals surface area contributed by atoms with Crippen molar-refractivity contribution >= 4 is 22.5 Å². The fraction of sp³-hybridized carbons (Fsp3) is 0.0833. The summed E-state index contributed by atoms with van der Waals surface area (Å²) < 4.78 is 0. The maximum atomic E-state index is 8.87. The summed E-state index contributed by atoms with van der Waals surface area (Å²) in [6, 6.07) is 5.67. The molecule has 1 aromatic heterocycles. The molecule has 0 aliphatic rings. The van der Waals surface area contributed by atoms with Crippen LogP contribution in [-0.4, -0.2) is 4.98 Å². The van der Waals surface area contributed by atoms with Gasteiger partial charge in [-0.05, 0) is 24.1 Å². The summed E-state index contributed by atoms with van der Waals surface area (Å²) in [5, 5.41) is 10.4. The zero-order chi connectivity index (χ0) is 10.8. The first-order valence-electron chi connectivity index (χ1n) is 4.56. The predicted octanol–water partition coefficient (Wildman–Crippen LogP) is 3.42. The standard InChI is InChI=1S/C12H9ClN2/c1-2-3-8-7-15-12-5-11(13)9(6-14)4-10(8)12/h2,4-5,7,15H,1,3H2. The number of aromatic nitrogens is 1. The van der Waals surface area contributed by atoms with Crippen LogP contribution in [-0.2, 0) is 6.42 Å². The van der Waals surface area contributed by atoms with Gasteiger partial charge in [0.25, 0.3) is 0 Å². The fourth-order valence-corrected chi connectivity index (χ4v) is 1.82. The Morgan fingerprint density at radius 3 is 3.00 bits per heavy atom. The molecule has 0 unspecified atom stereocenters. The van der Waals surface area contributed by atoms with Gasteiger partial charge < -0.3 is 4.98 Å². The maximum absolute atomic E-state index is 8.87. The lowest BCUT2D eigenvalue weighted by atomic mass is 10.1. The van der Waals surface area contributed by atoms with Gasteiger partial charge in [0.1, 0.15) is 6.07 Å². The molecule has 1 aromatic carbocycles. The highest BCUT2D eigenvalue weighted by atomic mass is 35.5. The first-order chi connectivity index (χ1) is 7.26. The Kier molecular flexibility index (Phi) is 2.49. The van der Waals surface area contributed by atoms with E-state index in [2.05, 4.69) is 17.6 Å². The number of aromatic amines is 1.